The minimum atomic E-state index is 1.19. The van der Waals surface area contributed by atoms with Crippen LogP contribution in [0.15, 0.2) is 23.0 Å². The second-order valence-electron chi connectivity index (χ2n) is 2.32. The van der Waals surface area contributed by atoms with Crippen molar-refractivity contribution in [2.75, 3.05) is 18.0 Å². The Morgan fingerprint density at radius 2 is 2.33 bits per heavy atom. The minimum Gasteiger partial charge on any atom is -0.470 e. The van der Waals surface area contributed by atoms with Crippen molar-refractivity contribution in [3.05, 3.63) is 18.6 Å². The fraction of sp³-hybridized carbons (Fsp3) is 0.429. The Bertz CT molecular complexity index is 177. The van der Waals surface area contributed by atoms with E-state index in [-0.39, 0.29) is 0 Å². The van der Waals surface area contributed by atoms with E-state index >= 15 is 0 Å². The topological polar surface area (TPSA) is 16.4 Å². The van der Waals surface area contributed by atoms with Gasteiger partial charge in [-0.25, -0.2) is 0 Å². The highest BCUT2D eigenvalue weighted by Gasteiger charge is 2.14. The van der Waals surface area contributed by atoms with E-state index in [4.69, 9.17) is 4.42 Å². The molecule has 0 amide bonds. The van der Waals surface area contributed by atoms with Crippen molar-refractivity contribution in [3.63, 3.8) is 0 Å². The van der Waals surface area contributed by atoms with Crippen LogP contribution in [0.4, 0.5) is 5.69 Å². The highest BCUT2D eigenvalue weighted by atomic mass is 16.3. The standard InChI is InChI=1S/C7H9NO/c1-3-8(4-1)7-2-5-9-6-7/h2,5-6H,1,3-4H2. The van der Waals surface area contributed by atoms with E-state index < -0.39 is 0 Å². The van der Waals surface area contributed by atoms with Crippen LogP contribution in [0.2, 0.25) is 0 Å². The lowest BCUT2D eigenvalue weighted by atomic mass is 10.2. The van der Waals surface area contributed by atoms with Crippen molar-refractivity contribution in [1.29, 1.82) is 0 Å². The number of hydrogen-bond donors (Lipinski definition) is 0. The van der Waals surface area contributed by atoms with Crippen molar-refractivity contribution < 1.29 is 4.42 Å². The van der Waals surface area contributed by atoms with Gasteiger partial charge in [-0.3, -0.25) is 0 Å². The lowest BCUT2D eigenvalue weighted by Gasteiger charge is -2.31. The first-order chi connectivity index (χ1) is 4.47. The third kappa shape index (κ3) is 0.707. The van der Waals surface area contributed by atoms with Crippen LogP contribution in [-0.4, -0.2) is 13.1 Å². The number of rotatable bonds is 1. The maximum absolute atomic E-state index is 4.93. The molecule has 1 aromatic rings. The van der Waals surface area contributed by atoms with Gasteiger partial charge in [0.15, 0.2) is 0 Å². The van der Waals surface area contributed by atoms with E-state index in [1.165, 1.54) is 25.2 Å². The van der Waals surface area contributed by atoms with Crippen LogP contribution in [-0.2, 0) is 0 Å². The van der Waals surface area contributed by atoms with Gasteiger partial charge in [-0.2, -0.15) is 0 Å². The van der Waals surface area contributed by atoms with Crippen LogP contribution in [0.5, 0.6) is 0 Å². The molecule has 48 valence electrons. The summed E-state index contributed by atoms with van der Waals surface area (Å²) in [4.78, 5) is 2.30. The van der Waals surface area contributed by atoms with Gasteiger partial charge in [-0.05, 0) is 12.5 Å². The van der Waals surface area contributed by atoms with E-state index in [9.17, 15) is 0 Å². The molecular weight excluding hydrogens is 114 g/mol. The van der Waals surface area contributed by atoms with Crippen LogP contribution in [0.3, 0.4) is 0 Å². The third-order valence-corrected chi connectivity index (χ3v) is 1.73. The first-order valence-corrected chi connectivity index (χ1v) is 3.24. The fourth-order valence-electron chi connectivity index (χ4n) is 1.01. The molecular formula is C7H9NO. The summed E-state index contributed by atoms with van der Waals surface area (Å²) in [6.07, 6.45) is 4.83. The van der Waals surface area contributed by atoms with Crippen molar-refractivity contribution >= 4 is 5.69 Å². The molecule has 1 fully saturated rings. The zero-order chi connectivity index (χ0) is 6.10. The highest BCUT2D eigenvalue weighted by Crippen LogP contribution is 2.19. The molecule has 2 rings (SSSR count). The van der Waals surface area contributed by atoms with Gasteiger partial charge in [-0.1, -0.05) is 0 Å². The second kappa shape index (κ2) is 1.79. The van der Waals surface area contributed by atoms with Gasteiger partial charge in [0.1, 0.15) is 6.26 Å². The average molecular weight is 123 g/mol. The Morgan fingerprint density at radius 1 is 1.44 bits per heavy atom. The summed E-state index contributed by atoms with van der Waals surface area (Å²) in [6.45, 7) is 2.39. The summed E-state index contributed by atoms with van der Waals surface area (Å²) in [7, 11) is 0. The monoisotopic (exact) mass is 123 g/mol. The Labute approximate surface area is 54.1 Å². The number of anilines is 1. The van der Waals surface area contributed by atoms with Gasteiger partial charge in [-0.15, -0.1) is 0 Å². The molecule has 0 N–H and O–H groups in total. The molecule has 0 atom stereocenters. The number of hydrogen-bond acceptors (Lipinski definition) is 2. The lowest BCUT2D eigenvalue weighted by molar-refractivity contribution is 0.558. The number of furan rings is 1. The largest absolute Gasteiger partial charge is 0.470 e. The van der Waals surface area contributed by atoms with Gasteiger partial charge in [0, 0.05) is 13.1 Å². The van der Waals surface area contributed by atoms with Gasteiger partial charge in [0.05, 0.1) is 12.0 Å². The van der Waals surface area contributed by atoms with E-state index in [0.29, 0.717) is 0 Å². The second-order valence-corrected chi connectivity index (χ2v) is 2.32. The maximum atomic E-state index is 4.93. The maximum Gasteiger partial charge on any atom is 0.114 e. The quantitative estimate of drug-likeness (QED) is 0.562. The Hall–Kier alpha value is -0.920. The van der Waals surface area contributed by atoms with Gasteiger partial charge < -0.3 is 9.32 Å². The molecule has 0 spiro atoms. The molecule has 0 saturated carbocycles. The first kappa shape index (κ1) is 4.91. The molecule has 1 aliphatic rings. The van der Waals surface area contributed by atoms with Crippen molar-refractivity contribution in [2.24, 2.45) is 0 Å². The normalized spacial score (nSPS) is 17.6. The van der Waals surface area contributed by atoms with Crippen LogP contribution in [0.25, 0.3) is 0 Å². The Balaban J connectivity index is 2.14. The third-order valence-electron chi connectivity index (χ3n) is 1.73. The Morgan fingerprint density at radius 3 is 2.78 bits per heavy atom. The summed E-state index contributed by atoms with van der Waals surface area (Å²) < 4.78 is 4.93. The van der Waals surface area contributed by atoms with Crippen molar-refractivity contribution in [3.8, 4) is 0 Å². The molecule has 1 saturated heterocycles. The summed E-state index contributed by atoms with van der Waals surface area (Å²) >= 11 is 0. The summed E-state index contributed by atoms with van der Waals surface area (Å²) in [5.41, 5.74) is 1.22. The van der Waals surface area contributed by atoms with Crippen LogP contribution < -0.4 is 4.90 Å². The molecule has 0 radical (unpaired) electrons. The van der Waals surface area contributed by atoms with Gasteiger partial charge in [0.25, 0.3) is 0 Å². The molecule has 1 aromatic heterocycles. The highest BCUT2D eigenvalue weighted by molar-refractivity contribution is 5.44. The molecule has 2 nitrogen and oxygen atoms in total. The van der Waals surface area contributed by atoms with E-state index in [1.54, 1.807) is 12.5 Å². The summed E-state index contributed by atoms with van der Waals surface area (Å²) in [5, 5.41) is 0. The van der Waals surface area contributed by atoms with Gasteiger partial charge >= 0.3 is 0 Å². The van der Waals surface area contributed by atoms with Crippen LogP contribution >= 0.6 is 0 Å². The fourth-order valence-corrected chi connectivity index (χ4v) is 1.01. The van der Waals surface area contributed by atoms with Crippen molar-refractivity contribution in [2.45, 2.75) is 6.42 Å². The van der Waals surface area contributed by atoms with E-state index in [0.717, 1.165) is 0 Å². The van der Waals surface area contributed by atoms with Crippen molar-refractivity contribution in [1.82, 2.24) is 0 Å². The molecule has 2 heteroatoms. The molecule has 0 aromatic carbocycles. The lowest BCUT2D eigenvalue weighted by Crippen LogP contribution is -2.36. The predicted molar refractivity (Wildman–Crippen MR) is 35.5 cm³/mol. The van der Waals surface area contributed by atoms with Crippen LogP contribution in [0, 0.1) is 0 Å². The zero-order valence-corrected chi connectivity index (χ0v) is 5.21. The molecule has 2 heterocycles. The van der Waals surface area contributed by atoms with E-state index in [1.807, 2.05) is 6.07 Å². The first-order valence-electron chi connectivity index (χ1n) is 3.24. The molecule has 0 bridgehead atoms. The molecule has 9 heavy (non-hydrogen) atoms. The zero-order valence-electron chi connectivity index (χ0n) is 5.21. The SMILES string of the molecule is c1cc(N2CCC2)co1. The van der Waals surface area contributed by atoms with Gasteiger partial charge in [0.2, 0.25) is 0 Å². The van der Waals surface area contributed by atoms with E-state index in [2.05, 4.69) is 4.90 Å². The molecule has 1 aliphatic heterocycles. The summed E-state index contributed by atoms with van der Waals surface area (Å²) in [5.74, 6) is 0. The Kier molecular flexibility index (Phi) is 0.979. The number of nitrogens with zero attached hydrogens (tertiary/aromatic N) is 1. The average Bonchev–Trinajstić information content (AvgIpc) is 2.11. The smallest absolute Gasteiger partial charge is 0.114 e. The molecule has 0 aliphatic carbocycles. The van der Waals surface area contributed by atoms with Crippen LogP contribution in [0.1, 0.15) is 6.42 Å². The summed E-state index contributed by atoms with van der Waals surface area (Å²) in [6, 6.07) is 2.00. The molecule has 0 unspecified atom stereocenters. The predicted octanol–water partition coefficient (Wildman–Crippen LogP) is 1.49. The minimum absolute atomic E-state index is 1.19.